The highest BCUT2D eigenvalue weighted by Crippen LogP contribution is 2.24. The zero-order valence-electron chi connectivity index (χ0n) is 14.2. The van der Waals surface area contributed by atoms with Crippen molar-refractivity contribution >= 4 is 35.8 Å². The molecule has 9 heteroatoms. The number of aromatic amines is 1. The number of hydrogen-bond acceptors (Lipinski definition) is 4. The highest BCUT2D eigenvalue weighted by Gasteiger charge is 2.24. The lowest BCUT2D eigenvalue weighted by Gasteiger charge is -2.33. The van der Waals surface area contributed by atoms with Gasteiger partial charge in [-0.3, -0.25) is 9.89 Å². The Balaban J connectivity index is 0.00000288. The fraction of sp³-hybridized carbons (Fsp3) is 0.600. The van der Waals surface area contributed by atoms with Crippen molar-refractivity contribution in [1.29, 1.82) is 0 Å². The van der Waals surface area contributed by atoms with Crippen LogP contribution in [0, 0.1) is 0 Å². The number of likely N-dealkylation sites (tertiary alicyclic amines) is 1. The molecule has 1 aliphatic rings. The number of amides is 1. The number of nitrogens with one attached hydrogen (secondary N) is 2. The summed E-state index contributed by atoms with van der Waals surface area (Å²) in [6.45, 7) is 6.22. The van der Waals surface area contributed by atoms with Gasteiger partial charge in [-0.25, -0.2) is 9.98 Å². The fourth-order valence-electron chi connectivity index (χ4n) is 2.49. The van der Waals surface area contributed by atoms with Gasteiger partial charge in [0.15, 0.2) is 5.96 Å². The zero-order valence-corrected chi connectivity index (χ0v) is 16.6. The molecule has 0 radical (unpaired) electrons. The Morgan fingerprint density at radius 3 is 2.79 bits per heavy atom. The average Bonchev–Trinajstić information content (AvgIpc) is 3.09. The normalized spacial score (nSPS) is 15.6. The number of carbonyl (C=O) groups excluding carboxylic acids is 1. The summed E-state index contributed by atoms with van der Waals surface area (Å²) in [4.78, 5) is 24.2. The first-order valence-corrected chi connectivity index (χ1v) is 7.81. The van der Waals surface area contributed by atoms with Crippen LogP contribution in [0.25, 0.3) is 0 Å². The van der Waals surface area contributed by atoms with Gasteiger partial charge in [-0.05, 0) is 12.8 Å². The standard InChI is InChI=1S/C15H25N7O.HI/c1-4-7-16-15(17-10-13(23)21(2)3)22-8-5-12(6-9-22)14-18-11-19-20-14;/h4,11-12H,1,5-10H2,2-3H3,(H,16,17)(H,18,19,20);1H. The van der Waals surface area contributed by atoms with Crippen LogP contribution in [-0.4, -0.2) is 77.1 Å². The first-order valence-electron chi connectivity index (χ1n) is 7.81. The van der Waals surface area contributed by atoms with E-state index >= 15 is 0 Å². The van der Waals surface area contributed by atoms with Crippen molar-refractivity contribution in [2.45, 2.75) is 18.8 Å². The predicted molar refractivity (Wildman–Crippen MR) is 105 cm³/mol. The Morgan fingerprint density at radius 2 is 2.25 bits per heavy atom. The number of hydrogen-bond donors (Lipinski definition) is 2. The molecule has 1 saturated heterocycles. The highest BCUT2D eigenvalue weighted by atomic mass is 127. The molecular weight excluding hydrogens is 421 g/mol. The molecule has 1 aromatic heterocycles. The van der Waals surface area contributed by atoms with Crippen molar-refractivity contribution in [3.63, 3.8) is 0 Å². The smallest absolute Gasteiger partial charge is 0.243 e. The highest BCUT2D eigenvalue weighted by molar-refractivity contribution is 14.0. The van der Waals surface area contributed by atoms with Gasteiger partial charge in [0.2, 0.25) is 5.91 Å². The van der Waals surface area contributed by atoms with E-state index in [0.717, 1.165) is 37.7 Å². The minimum Gasteiger partial charge on any atom is -0.353 e. The van der Waals surface area contributed by atoms with Crippen LogP contribution in [0.5, 0.6) is 0 Å². The second-order valence-corrected chi connectivity index (χ2v) is 5.73. The Hall–Kier alpha value is -1.65. The molecule has 1 aliphatic heterocycles. The summed E-state index contributed by atoms with van der Waals surface area (Å²) in [7, 11) is 3.47. The van der Waals surface area contributed by atoms with Crippen molar-refractivity contribution in [3.8, 4) is 0 Å². The minimum absolute atomic E-state index is 0. The number of rotatable bonds is 5. The van der Waals surface area contributed by atoms with Crippen molar-refractivity contribution < 1.29 is 4.79 Å². The Kier molecular flexibility index (Phi) is 8.72. The lowest BCUT2D eigenvalue weighted by atomic mass is 9.96. The van der Waals surface area contributed by atoms with E-state index in [2.05, 4.69) is 37.0 Å². The monoisotopic (exact) mass is 447 g/mol. The molecule has 1 fully saturated rings. The summed E-state index contributed by atoms with van der Waals surface area (Å²) in [5.74, 6) is 2.10. The molecule has 134 valence electrons. The summed E-state index contributed by atoms with van der Waals surface area (Å²) in [6, 6.07) is 0. The summed E-state index contributed by atoms with van der Waals surface area (Å²) in [5.41, 5.74) is 0. The third-order valence-corrected chi connectivity index (χ3v) is 3.88. The molecular formula is C15H26IN7O. The first-order chi connectivity index (χ1) is 11.1. The summed E-state index contributed by atoms with van der Waals surface area (Å²) < 4.78 is 0. The molecule has 8 nitrogen and oxygen atoms in total. The maximum atomic E-state index is 11.7. The lowest BCUT2D eigenvalue weighted by Crippen LogP contribution is -2.46. The van der Waals surface area contributed by atoms with E-state index in [9.17, 15) is 4.79 Å². The van der Waals surface area contributed by atoms with Crippen LogP contribution in [0.15, 0.2) is 24.0 Å². The van der Waals surface area contributed by atoms with Crippen LogP contribution < -0.4 is 5.32 Å². The van der Waals surface area contributed by atoms with E-state index in [1.807, 2.05) is 0 Å². The fourth-order valence-corrected chi connectivity index (χ4v) is 2.49. The van der Waals surface area contributed by atoms with Crippen LogP contribution in [0.4, 0.5) is 0 Å². The topological polar surface area (TPSA) is 89.5 Å². The molecule has 0 aromatic carbocycles. The minimum atomic E-state index is -0.0144. The molecule has 1 aromatic rings. The first kappa shape index (κ1) is 20.4. The van der Waals surface area contributed by atoms with Crippen LogP contribution in [0.2, 0.25) is 0 Å². The SMILES string of the molecule is C=CCNC(=NCC(=O)N(C)C)N1CCC(c2ncn[nH]2)CC1.I. The average molecular weight is 447 g/mol. The van der Waals surface area contributed by atoms with E-state index in [-0.39, 0.29) is 36.4 Å². The molecule has 2 rings (SSSR count). The zero-order chi connectivity index (χ0) is 16.7. The number of aliphatic imine (C=N–C) groups is 1. The maximum absolute atomic E-state index is 11.7. The van der Waals surface area contributed by atoms with E-state index in [1.165, 1.54) is 0 Å². The molecule has 0 unspecified atom stereocenters. The molecule has 2 N–H and O–H groups in total. The number of piperidine rings is 1. The number of H-pyrrole nitrogens is 1. The van der Waals surface area contributed by atoms with Gasteiger partial charge in [0.1, 0.15) is 18.7 Å². The molecule has 24 heavy (non-hydrogen) atoms. The number of guanidine groups is 1. The molecule has 0 atom stereocenters. The number of carbonyl (C=O) groups is 1. The number of halogens is 1. The van der Waals surface area contributed by atoms with Gasteiger partial charge >= 0.3 is 0 Å². The summed E-state index contributed by atoms with van der Waals surface area (Å²) >= 11 is 0. The second-order valence-electron chi connectivity index (χ2n) is 5.73. The van der Waals surface area contributed by atoms with Crippen molar-refractivity contribution in [1.82, 2.24) is 30.3 Å². The quantitative estimate of drug-likeness (QED) is 0.302. The van der Waals surface area contributed by atoms with Gasteiger partial charge in [0, 0.05) is 39.6 Å². The molecule has 2 heterocycles. The van der Waals surface area contributed by atoms with Crippen LogP contribution in [0.3, 0.4) is 0 Å². The third-order valence-electron chi connectivity index (χ3n) is 3.88. The van der Waals surface area contributed by atoms with Crippen LogP contribution >= 0.6 is 24.0 Å². The van der Waals surface area contributed by atoms with Crippen molar-refractivity contribution in [2.75, 3.05) is 40.3 Å². The van der Waals surface area contributed by atoms with Crippen LogP contribution in [0.1, 0.15) is 24.6 Å². The molecule has 1 amide bonds. The molecule has 0 bridgehead atoms. The van der Waals surface area contributed by atoms with Gasteiger partial charge in [-0.15, -0.1) is 30.6 Å². The van der Waals surface area contributed by atoms with Gasteiger partial charge < -0.3 is 15.1 Å². The van der Waals surface area contributed by atoms with Crippen molar-refractivity contribution in [3.05, 3.63) is 24.8 Å². The van der Waals surface area contributed by atoms with Gasteiger partial charge in [-0.2, -0.15) is 5.10 Å². The second kappa shape index (κ2) is 10.3. The van der Waals surface area contributed by atoms with Gasteiger partial charge in [0.25, 0.3) is 0 Å². The number of nitrogens with zero attached hydrogens (tertiary/aromatic N) is 5. The number of likely N-dealkylation sites (N-methyl/N-ethyl adjacent to an activating group) is 1. The van der Waals surface area contributed by atoms with Gasteiger partial charge in [-0.1, -0.05) is 6.08 Å². The van der Waals surface area contributed by atoms with E-state index in [4.69, 9.17) is 0 Å². The molecule has 0 aliphatic carbocycles. The van der Waals surface area contributed by atoms with E-state index in [1.54, 1.807) is 31.4 Å². The van der Waals surface area contributed by atoms with E-state index in [0.29, 0.717) is 12.5 Å². The Bertz CT molecular complexity index is 536. The maximum Gasteiger partial charge on any atom is 0.243 e. The van der Waals surface area contributed by atoms with Crippen LogP contribution in [-0.2, 0) is 4.79 Å². The van der Waals surface area contributed by atoms with Gasteiger partial charge in [0.05, 0.1) is 0 Å². The molecule has 0 spiro atoms. The lowest BCUT2D eigenvalue weighted by molar-refractivity contribution is -0.127. The predicted octanol–water partition coefficient (Wildman–Crippen LogP) is 0.822. The molecule has 0 saturated carbocycles. The number of aromatic nitrogens is 3. The summed E-state index contributed by atoms with van der Waals surface area (Å²) in [5, 5.41) is 10.1. The van der Waals surface area contributed by atoms with E-state index < -0.39 is 0 Å². The largest absolute Gasteiger partial charge is 0.353 e. The summed E-state index contributed by atoms with van der Waals surface area (Å²) in [6.07, 6.45) is 5.29. The van der Waals surface area contributed by atoms with Crippen molar-refractivity contribution in [2.24, 2.45) is 4.99 Å². The Morgan fingerprint density at radius 1 is 1.54 bits per heavy atom. The third kappa shape index (κ3) is 5.77. The Labute approximate surface area is 159 Å².